The second kappa shape index (κ2) is 5.48. The Morgan fingerprint density at radius 2 is 1.91 bits per heavy atom. The molecule has 0 atom stereocenters. The fourth-order valence-corrected chi connectivity index (χ4v) is 3.66. The summed E-state index contributed by atoms with van der Waals surface area (Å²) in [6.45, 7) is 6.56. The predicted octanol–water partition coefficient (Wildman–Crippen LogP) is 5.20. The van der Waals surface area contributed by atoms with Crippen LogP contribution in [0.3, 0.4) is 0 Å². The summed E-state index contributed by atoms with van der Waals surface area (Å²) in [5.41, 5.74) is 6.86. The Labute approximate surface area is 136 Å². The number of aromatic nitrogens is 2. The Kier molecular flexibility index (Phi) is 3.44. The van der Waals surface area contributed by atoms with E-state index in [1.54, 1.807) is 0 Å². The Balaban J connectivity index is 1.92. The minimum absolute atomic E-state index is 0.480. The molecule has 0 aliphatic heterocycles. The molecule has 118 valence electrons. The molecule has 0 N–H and O–H groups in total. The van der Waals surface area contributed by atoms with Gasteiger partial charge in [-0.1, -0.05) is 13.8 Å². The second-order valence-corrected chi connectivity index (χ2v) is 6.86. The molecule has 0 saturated carbocycles. The quantitative estimate of drug-likeness (QED) is 0.653. The van der Waals surface area contributed by atoms with Gasteiger partial charge < -0.3 is 4.42 Å². The molecule has 1 aliphatic carbocycles. The van der Waals surface area contributed by atoms with Crippen LogP contribution in [0.4, 0.5) is 0 Å². The highest BCUT2D eigenvalue weighted by Gasteiger charge is 2.21. The first kappa shape index (κ1) is 14.4. The minimum Gasteiger partial charge on any atom is -0.460 e. The lowest BCUT2D eigenvalue weighted by atomic mass is 9.95. The molecule has 0 saturated heterocycles. The zero-order chi connectivity index (χ0) is 16.0. The van der Waals surface area contributed by atoms with Crippen LogP contribution in [0.25, 0.3) is 22.2 Å². The molecule has 0 aromatic carbocycles. The van der Waals surface area contributed by atoms with Gasteiger partial charge in [0.15, 0.2) is 0 Å². The van der Waals surface area contributed by atoms with Crippen molar-refractivity contribution in [2.45, 2.75) is 52.4 Å². The van der Waals surface area contributed by atoms with Crippen LogP contribution in [0.15, 0.2) is 29.1 Å². The maximum Gasteiger partial charge on any atom is 0.147 e. The van der Waals surface area contributed by atoms with E-state index in [9.17, 15) is 0 Å². The first-order valence-electron chi connectivity index (χ1n) is 8.50. The molecular formula is C20H22N2O. The van der Waals surface area contributed by atoms with Crippen LogP contribution in [-0.4, -0.2) is 9.97 Å². The van der Waals surface area contributed by atoms with Crippen LogP contribution in [-0.2, 0) is 12.8 Å². The lowest BCUT2D eigenvalue weighted by Gasteiger charge is -2.11. The van der Waals surface area contributed by atoms with Gasteiger partial charge in [-0.15, -0.1) is 0 Å². The lowest BCUT2D eigenvalue weighted by Crippen LogP contribution is -1.98. The second-order valence-electron chi connectivity index (χ2n) is 6.86. The summed E-state index contributed by atoms with van der Waals surface area (Å²) in [7, 11) is 0. The zero-order valence-corrected chi connectivity index (χ0v) is 14.0. The Morgan fingerprint density at radius 1 is 1.09 bits per heavy atom. The van der Waals surface area contributed by atoms with E-state index < -0.39 is 0 Å². The SMILES string of the molecule is Cc1cnc(-c2cncc3c4c(oc23)CCCC4)cc1C(C)C. The number of fused-ring (bicyclic) bond motifs is 3. The average Bonchev–Trinajstić information content (AvgIpc) is 2.94. The topological polar surface area (TPSA) is 38.9 Å². The van der Waals surface area contributed by atoms with Gasteiger partial charge in [-0.05, 0) is 49.3 Å². The highest BCUT2D eigenvalue weighted by molar-refractivity contribution is 5.93. The van der Waals surface area contributed by atoms with E-state index in [0.29, 0.717) is 5.92 Å². The monoisotopic (exact) mass is 306 g/mol. The van der Waals surface area contributed by atoms with Crippen LogP contribution in [0.2, 0.25) is 0 Å². The van der Waals surface area contributed by atoms with Crippen molar-refractivity contribution in [2.75, 3.05) is 0 Å². The predicted molar refractivity (Wildman–Crippen MR) is 92.7 cm³/mol. The molecule has 0 radical (unpaired) electrons. The molecule has 4 rings (SSSR count). The Morgan fingerprint density at radius 3 is 2.74 bits per heavy atom. The molecule has 3 heteroatoms. The molecule has 3 aromatic rings. The van der Waals surface area contributed by atoms with Gasteiger partial charge in [-0.2, -0.15) is 0 Å². The fraction of sp³-hybridized carbons (Fsp3) is 0.400. The highest BCUT2D eigenvalue weighted by atomic mass is 16.3. The molecule has 0 fully saturated rings. The van der Waals surface area contributed by atoms with Gasteiger partial charge >= 0.3 is 0 Å². The average molecular weight is 306 g/mol. The molecule has 3 heterocycles. The molecular weight excluding hydrogens is 284 g/mol. The Hall–Kier alpha value is -2.16. The van der Waals surface area contributed by atoms with Gasteiger partial charge in [0.1, 0.15) is 11.3 Å². The molecule has 0 unspecified atom stereocenters. The first-order valence-corrected chi connectivity index (χ1v) is 8.50. The third-order valence-corrected chi connectivity index (χ3v) is 4.91. The maximum atomic E-state index is 6.23. The van der Waals surface area contributed by atoms with Gasteiger partial charge in [-0.25, -0.2) is 0 Å². The van der Waals surface area contributed by atoms with E-state index >= 15 is 0 Å². The van der Waals surface area contributed by atoms with Crippen molar-refractivity contribution in [3.63, 3.8) is 0 Å². The summed E-state index contributed by atoms with van der Waals surface area (Å²) in [4.78, 5) is 9.11. The van der Waals surface area contributed by atoms with E-state index in [0.717, 1.165) is 35.4 Å². The molecule has 23 heavy (non-hydrogen) atoms. The number of nitrogens with zero attached hydrogens (tertiary/aromatic N) is 2. The molecule has 0 spiro atoms. The number of aryl methyl sites for hydroxylation is 3. The van der Waals surface area contributed by atoms with E-state index in [-0.39, 0.29) is 0 Å². The normalized spacial score (nSPS) is 14.4. The van der Waals surface area contributed by atoms with Crippen LogP contribution in [0, 0.1) is 6.92 Å². The number of hydrogen-bond acceptors (Lipinski definition) is 3. The number of pyridine rings is 2. The number of furan rings is 1. The Bertz CT molecular complexity index is 877. The van der Waals surface area contributed by atoms with E-state index in [2.05, 4.69) is 36.8 Å². The third-order valence-electron chi connectivity index (χ3n) is 4.91. The van der Waals surface area contributed by atoms with Crippen LogP contribution in [0.5, 0.6) is 0 Å². The van der Waals surface area contributed by atoms with Crippen molar-refractivity contribution in [2.24, 2.45) is 0 Å². The minimum atomic E-state index is 0.480. The van der Waals surface area contributed by atoms with Gasteiger partial charge in [0, 0.05) is 36.0 Å². The smallest absolute Gasteiger partial charge is 0.147 e. The van der Waals surface area contributed by atoms with Gasteiger partial charge in [0.05, 0.1) is 11.3 Å². The fourth-order valence-electron chi connectivity index (χ4n) is 3.66. The van der Waals surface area contributed by atoms with Crippen molar-refractivity contribution >= 4 is 11.0 Å². The van der Waals surface area contributed by atoms with Gasteiger partial charge in [0.2, 0.25) is 0 Å². The molecule has 0 bridgehead atoms. The van der Waals surface area contributed by atoms with Gasteiger partial charge in [-0.3, -0.25) is 9.97 Å². The highest BCUT2D eigenvalue weighted by Crippen LogP contribution is 2.36. The number of hydrogen-bond donors (Lipinski definition) is 0. The largest absolute Gasteiger partial charge is 0.460 e. The van der Waals surface area contributed by atoms with Crippen molar-refractivity contribution in [1.82, 2.24) is 9.97 Å². The van der Waals surface area contributed by atoms with Crippen LogP contribution in [0.1, 0.15) is 55.1 Å². The van der Waals surface area contributed by atoms with Crippen molar-refractivity contribution < 1.29 is 4.42 Å². The molecule has 3 aromatic heterocycles. The zero-order valence-electron chi connectivity index (χ0n) is 14.0. The first-order chi connectivity index (χ1) is 11.1. The third kappa shape index (κ3) is 2.35. The van der Waals surface area contributed by atoms with Crippen molar-refractivity contribution in [1.29, 1.82) is 0 Å². The van der Waals surface area contributed by atoms with Crippen molar-refractivity contribution in [3.8, 4) is 11.3 Å². The lowest BCUT2D eigenvalue weighted by molar-refractivity contribution is 0.506. The number of rotatable bonds is 2. The molecule has 3 nitrogen and oxygen atoms in total. The van der Waals surface area contributed by atoms with E-state index in [1.165, 1.54) is 34.9 Å². The van der Waals surface area contributed by atoms with Gasteiger partial charge in [0.25, 0.3) is 0 Å². The summed E-state index contributed by atoms with van der Waals surface area (Å²) < 4.78 is 6.23. The summed E-state index contributed by atoms with van der Waals surface area (Å²) in [5.74, 6) is 1.63. The summed E-state index contributed by atoms with van der Waals surface area (Å²) in [5, 5.41) is 1.17. The standard InChI is InChI=1S/C20H22N2O/c1-12(2)15-8-18(22-9-13(15)3)17-11-21-10-16-14-6-4-5-7-19(14)23-20(16)17/h8-12H,4-7H2,1-3H3. The van der Waals surface area contributed by atoms with Crippen LogP contribution >= 0.6 is 0 Å². The van der Waals surface area contributed by atoms with E-state index in [1.807, 2.05) is 18.6 Å². The van der Waals surface area contributed by atoms with Crippen molar-refractivity contribution in [3.05, 3.63) is 47.1 Å². The maximum absolute atomic E-state index is 6.23. The van der Waals surface area contributed by atoms with Crippen LogP contribution < -0.4 is 0 Å². The summed E-state index contributed by atoms with van der Waals surface area (Å²) in [6.07, 6.45) is 10.4. The van der Waals surface area contributed by atoms with E-state index in [4.69, 9.17) is 4.42 Å². The molecule has 1 aliphatic rings. The summed E-state index contributed by atoms with van der Waals surface area (Å²) >= 11 is 0. The summed E-state index contributed by atoms with van der Waals surface area (Å²) in [6, 6.07) is 2.19. The molecule has 0 amide bonds.